The Morgan fingerprint density at radius 2 is 1.91 bits per heavy atom. The minimum atomic E-state index is -0.300. The van der Waals surface area contributed by atoms with Crippen LogP contribution in [-0.2, 0) is 11.2 Å². The number of carbonyl (C=O) groups excluding carboxylic acids is 1. The monoisotopic (exact) mass is 342 g/mol. The molecule has 132 valence electrons. The topological polar surface area (TPSA) is 64.3 Å². The number of carbonyl (C=O) groups is 1. The van der Waals surface area contributed by atoms with Crippen LogP contribution in [0.4, 0.5) is 0 Å². The zero-order chi connectivity index (χ0) is 16.6. The van der Waals surface area contributed by atoms with Gasteiger partial charge in [-0.1, -0.05) is 26.0 Å². The van der Waals surface area contributed by atoms with Gasteiger partial charge in [0.2, 0.25) is 5.91 Å². The van der Waals surface area contributed by atoms with Gasteiger partial charge < -0.3 is 15.8 Å². The van der Waals surface area contributed by atoms with Crippen LogP contribution >= 0.6 is 12.4 Å². The minimum absolute atomic E-state index is 0. The van der Waals surface area contributed by atoms with Crippen LogP contribution in [-0.4, -0.2) is 25.1 Å². The first-order valence-electron chi connectivity index (χ1n) is 8.02. The van der Waals surface area contributed by atoms with Gasteiger partial charge in [-0.2, -0.15) is 0 Å². The van der Waals surface area contributed by atoms with Gasteiger partial charge in [0.25, 0.3) is 0 Å². The third kappa shape index (κ3) is 8.24. The van der Waals surface area contributed by atoms with Gasteiger partial charge in [0.05, 0.1) is 7.11 Å². The van der Waals surface area contributed by atoms with Gasteiger partial charge in [0.1, 0.15) is 5.75 Å². The summed E-state index contributed by atoms with van der Waals surface area (Å²) in [5.74, 6) is 1.45. The van der Waals surface area contributed by atoms with Gasteiger partial charge in [-0.05, 0) is 49.8 Å². The molecule has 0 aliphatic carbocycles. The normalized spacial score (nSPS) is 13.1. The van der Waals surface area contributed by atoms with Gasteiger partial charge in [-0.3, -0.25) is 4.79 Å². The summed E-state index contributed by atoms with van der Waals surface area (Å²) >= 11 is 0. The molecule has 0 saturated carbocycles. The lowest BCUT2D eigenvalue weighted by Crippen LogP contribution is -2.52. The van der Waals surface area contributed by atoms with E-state index >= 15 is 0 Å². The van der Waals surface area contributed by atoms with Crippen LogP contribution in [0.15, 0.2) is 24.3 Å². The zero-order valence-electron chi connectivity index (χ0n) is 14.7. The molecule has 4 nitrogen and oxygen atoms in total. The molecule has 23 heavy (non-hydrogen) atoms. The van der Waals surface area contributed by atoms with Gasteiger partial charge in [0.15, 0.2) is 0 Å². The fourth-order valence-corrected chi connectivity index (χ4v) is 2.73. The Morgan fingerprint density at radius 1 is 1.30 bits per heavy atom. The molecule has 1 amide bonds. The molecule has 0 bridgehead atoms. The number of hydrogen-bond donors (Lipinski definition) is 2. The second-order valence-electron chi connectivity index (χ2n) is 6.61. The highest BCUT2D eigenvalue weighted by Crippen LogP contribution is 2.16. The number of hydrogen-bond acceptors (Lipinski definition) is 3. The summed E-state index contributed by atoms with van der Waals surface area (Å²) in [5, 5.41) is 3.09. The van der Waals surface area contributed by atoms with E-state index in [2.05, 4.69) is 19.2 Å². The number of halogens is 1. The van der Waals surface area contributed by atoms with E-state index in [0.717, 1.165) is 25.0 Å². The summed E-state index contributed by atoms with van der Waals surface area (Å²) in [7, 11) is 1.66. The standard InChI is InChI=1S/C18H30N2O2.ClH/c1-14(2)12-18(3,13-19)20-17(21)7-5-6-15-8-10-16(22-4)11-9-15;/h8-11,14H,5-7,12-13,19H2,1-4H3,(H,20,21);1H. The predicted octanol–water partition coefficient (Wildman–Crippen LogP) is 3.32. The van der Waals surface area contributed by atoms with Crippen LogP contribution in [0, 0.1) is 5.92 Å². The van der Waals surface area contributed by atoms with Crippen molar-refractivity contribution in [1.29, 1.82) is 0 Å². The Kier molecular flexibility index (Phi) is 9.93. The lowest BCUT2D eigenvalue weighted by molar-refractivity contribution is -0.123. The highest BCUT2D eigenvalue weighted by atomic mass is 35.5. The Hall–Kier alpha value is -1.26. The number of rotatable bonds is 9. The van der Waals surface area contributed by atoms with E-state index in [1.54, 1.807) is 7.11 Å². The molecule has 0 fully saturated rings. The zero-order valence-corrected chi connectivity index (χ0v) is 15.5. The van der Waals surface area contributed by atoms with Crippen LogP contribution < -0.4 is 15.8 Å². The number of amides is 1. The fourth-order valence-electron chi connectivity index (χ4n) is 2.73. The predicted molar refractivity (Wildman–Crippen MR) is 98.2 cm³/mol. The van der Waals surface area contributed by atoms with Crippen molar-refractivity contribution in [2.75, 3.05) is 13.7 Å². The average Bonchev–Trinajstić information content (AvgIpc) is 2.47. The molecule has 0 heterocycles. The number of methoxy groups -OCH3 is 1. The van der Waals surface area contributed by atoms with Crippen molar-refractivity contribution in [2.24, 2.45) is 11.7 Å². The first-order valence-corrected chi connectivity index (χ1v) is 8.02. The second kappa shape index (κ2) is 10.5. The highest BCUT2D eigenvalue weighted by Gasteiger charge is 2.25. The Labute approximate surface area is 146 Å². The third-order valence-corrected chi connectivity index (χ3v) is 3.78. The van der Waals surface area contributed by atoms with Gasteiger partial charge in [0, 0.05) is 18.5 Å². The van der Waals surface area contributed by atoms with E-state index in [-0.39, 0.29) is 23.9 Å². The Balaban J connectivity index is 0.00000484. The van der Waals surface area contributed by atoms with Crippen LogP contribution in [0.5, 0.6) is 5.75 Å². The minimum Gasteiger partial charge on any atom is -0.497 e. The lowest BCUT2D eigenvalue weighted by atomic mass is 9.90. The number of nitrogens with one attached hydrogen (secondary N) is 1. The smallest absolute Gasteiger partial charge is 0.220 e. The Morgan fingerprint density at radius 3 is 2.39 bits per heavy atom. The largest absolute Gasteiger partial charge is 0.497 e. The molecule has 0 radical (unpaired) electrons. The first-order chi connectivity index (χ1) is 10.4. The van der Waals surface area contributed by atoms with Crippen LogP contribution in [0.3, 0.4) is 0 Å². The Bertz CT molecular complexity index is 463. The molecule has 5 heteroatoms. The molecule has 0 aromatic heterocycles. The summed E-state index contributed by atoms with van der Waals surface area (Å²) in [6.07, 6.45) is 3.15. The van der Waals surface area contributed by atoms with Crippen molar-refractivity contribution < 1.29 is 9.53 Å². The maximum Gasteiger partial charge on any atom is 0.220 e. The highest BCUT2D eigenvalue weighted by molar-refractivity contribution is 5.85. The lowest BCUT2D eigenvalue weighted by Gasteiger charge is -2.31. The molecule has 1 rings (SSSR count). The third-order valence-electron chi connectivity index (χ3n) is 3.78. The maximum atomic E-state index is 12.1. The molecule has 0 aliphatic rings. The quantitative estimate of drug-likeness (QED) is 0.723. The van der Waals surface area contributed by atoms with Crippen molar-refractivity contribution in [2.45, 2.75) is 52.0 Å². The molecule has 0 aliphatic heterocycles. The molecular weight excluding hydrogens is 312 g/mol. The molecule has 1 aromatic carbocycles. The molecule has 3 N–H and O–H groups in total. The van der Waals surface area contributed by atoms with Crippen molar-refractivity contribution in [3.05, 3.63) is 29.8 Å². The van der Waals surface area contributed by atoms with Crippen LogP contribution in [0.25, 0.3) is 0 Å². The van der Waals surface area contributed by atoms with Gasteiger partial charge in [-0.25, -0.2) is 0 Å². The molecule has 1 aromatic rings. The van der Waals surface area contributed by atoms with Crippen molar-refractivity contribution in [1.82, 2.24) is 5.32 Å². The van der Waals surface area contributed by atoms with Crippen molar-refractivity contribution in [3.63, 3.8) is 0 Å². The summed E-state index contributed by atoms with van der Waals surface area (Å²) in [5.41, 5.74) is 6.74. The molecular formula is C18H31ClN2O2. The molecule has 1 unspecified atom stereocenters. The van der Waals surface area contributed by atoms with Gasteiger partial charge in [-0.15, -0.1) is 12.4 Å². The maximum absolute atomic E-state index is 12.1. The second-order valence-corrected chi connectivity index (χ2v) is 6.61. The number of benzene rings is 1. The van der Waals surface area contributed by atoms with Crippen LogP contribution in [0.1, 0.15) is 45.6 Å². The van der Waals surface area contributed by atoms with Gasteiger partial charge >= 0.3 is 0 Å². The molecule has 1 atom stereocenters. The average molecular weight is 343 g/mol. The number of aryl methyl sites for hydroxylation is 1. The summed E-state index contributed by atoms with van der Waals surface area (Å²) in [6.45, 7) is 6.78. The summed E-state index contributed by atoms with van der Waals surface area (Å²) < 4.78 is 5.13. The van der Waals surface area contributed by atoms with E-state index in [0.29, 0.717) is 18.9 Å². The summed E-state index contributed by atoms with van der Waals surface area (Å²) in [4.78, 5) is 12.1. The van der Waals surface area contributed by atoms with E-state index < -0.39 is 0 Å². The number of ether oxygens (including phenoxy) is 1. The first kappa shape index (κ1) is 21.7. The molecule has 0 saturated heterocycles. The van der Waals surface area contributed by atoms with Crippen molar-refractivity contribution in [3.8, 4) is 5.75 Å². The SMILES string of the molecule is COc1ccc(CCCC(=O)NC(C)(CN)CC(C)C)cc1.Cl. The van der Waals surface area contributed by atoms with Crippen molar-refractivity contribution >= 4 is 18.3 Å². The summed E-state index contributed by atoms with van der Waals surface area (Å²) in [6, 6.07) is 7.98. The van der Waals surface area contributed by atoms with E-state index in [4.69, 9.17) is 10.5 Å². The van der Waals surface area contributed by atoms with E-state index in [9.17, 15) is 4.79 Å². The fraction of sp³-hybridized carbons (Fsp3) is 0.611. The van der Waals surface area contributed by atoms with E-state index in [1.165, 1.54) is 5.56 Å². The van der Waals surface area contributed by atoms with E-state index in [1.807, 2.05) is 31.2 Å². The van der Waals surface area contributed by atoms with Crippen LogP contribution in [0.2, 0.25) is 0 Å². The molecule has 0 spiro atoms. The number of nitrogens with two attached hydrogens (primary N) is 1.